The average molecular weight is 200 g/mol. The first-order valence-electron chi connectivity index (χ1n) is 4.46. The fourth-order valence-electron chi connectivity index (χ4n) is 1.50. The van der Waals surface area contributed by atoms with Gasteiger partial charge in [0.05, 0.1) is 6.61 Å². The minimum atomic E-state index is -2.78. The summed E-state index contributed by atoms with van der Waals surface area (Å²) in [4.78, 5) is 0. The van der Waals surface area contributed by atoms with E-state index in [1.165, 1.54) is 6.07 Å². The number of aryl methyl sites for hydroxylation is 1. The molecular formula is C10H10F2O2. The highest BCUT2D eigenvalue weighted by Crippen LogP contribution is 2.29. The zero-order chi connectivity index (χ0) is 9.97. The predicted octanol–water partition coefficient (Wildman–Crippen LogP) is 2.61. The van der Waals surface area contributed by atoms with E-state index in [1.54, 1.807) is 12.1 Å². The molecule has 1 heterocycles. The van der Waals surface area contributed by atoms with Crippen molar-refractivity contribution in [1.82, 2.24) is 0 Å². The van der Waals surface area contributed by atoms with Gasteiger partial charge in [0.1, 0.15) is 11.5 Å². The maximum Gasteiger partial charge on any atom is 0.387 e. The highest BCUT2D eigenvalue weighted by Gasteiger charge is 2.12. The van der Waals surface area contributed by atoms with Gasteiger partial charge in [-0.15, -0.1) is 0 Å². The van der Waals surface area contributed by atoms with E-state index in [4.69, 9.17) is 4.74 Å². The summed E-state index contributed by atoms with van der Waals surface area (Å²) in [7, 11) is 0. The van der Waals surface area contributed by atoms with Gasteiger partial charge in [-0.1, -0.05) is 6.07 Å². The van der Waals surface area contributed by atoms with Gasteiger partial charge in [0.25, 0.3) is 0 Å². The molecule has 0 spiro atoms. The molecular weight excluding hydrogens is 190 g/mol. The Hall–Kier alpha value is -1.32. The number of rotatable bonds is 2. The lowest BCUT2D eigenvalue weighted by atomic mass is 10.1. The van der Waals surface area contributed by atoms with Gasteiger partial charge in [-0.05, 0) is 24.5 Å². The molecule has 1 aromatic rings. The zero-order valence-electron chi connectivity index (χ0n) is 7.50. The number of hydrogen-bond acceptors (Lipinski definition) is 2. The van der Waals surface area contributed by atoms with Crippen LogP contribution in [-0.4, -0.2) is 13.2 Å². The minimum absolute atomic E-state index is 0.153. The fraction of sp³-hybridized carbons (Fsp3) is 0.400. The van der Waals surface area contributed by atoms with E-state index in [0.29, 0.717) is 12.4 Å². The second-order valence-corrected chi connectivity index (χ2v) is 3.10. The lowest BCUT2D eigenvalue weighted by Crippen LogP contribution is -2.09. The molecule has 0 radical (unpaired) electrons. The Morgan fingerprint density at radius 3 is 3.00 bits per heavy atom. The van der Waals surface area contributed by atoms with Gasteiger partial charge in [-0.3, -0.25) is 0 Å². The Bertz CT molecular complexity index is 326. The van der Waals surface area contributed by atoms with Gasteiger partial charge in [0.2, 0.25) is 0 Å². The molecule has 1 aliphatic heterocycles. The SMILES string of the molecule is FC(F)Oc1ccc2c(c1)OCCC2. The number of benzene rings is 1. The highest BCUT2D eigenvalue weighted by atomic mass is 19.3. The summed E-state index contributed by atoms with van der Waals surface area (Å²) in [6, 6.07) is 4.83. The third-order valence-corrected chi connectivity index (χ3v) is 2.11. The van der Waals surface area contributed by atoms with Crippen molar-refractivity contribution >= 4 is 0 Å². The Kier molecular flexibility index (Phi) is 2.52. The van der Waals surface area contributed by atoms with Crippen LogP contribution in [-0.2, 0) is 6.42 Å². The van der Waals surface area contributed by atoms with Crippen molar-refractivity contribution in [3.05, 3.63) is 23.8 Å². The molecule has 0 saturated carbocycles. The predicted molar refractivity (Wildman–Crippen MR) is 46.9 cm³/mol. The minimum Gasteiger partial charge on any atom is -0.493 e. The van der Waals surface area contributed by atoms with Gasteiger partial charge in [-0.2, -0.15) is 8.78 Å². The van der Waals surface area contributed by atoms with Crippen molar-refractivity contribution in [1.29, 1.82) is 0 Å². The molecule has 14 heavy (non-hydrogen) atoms. The molecule has 0 aromatic heterocycles. The molecule has 1 aliphatic rings. The Balaban J connectivity index is 2.20. The smallest absolute Gasteiger partial charge is 0.387 e. The Morgan fingerprint density at radius 1 is 1.36 bits per heavy atom. The van der Waals surface area contributed by atoms with Crippen LogP contribution >= 0.6 is 0 Å². The topological polar surface area (TPSA) is 18.5 Å². The molecule has 0 fully saturated rings. The van der Waals surface area contributed by atoms with Crippen molar-refractivity contribution < 1.29 is 18.3 Å². The standard InChI is InChI=1S/C10H10F2O2/c11-10(12)14-8-4-3-7-2-1-5-13-9(7)6-8/h3-4,6,10H,1-2,5H2. The first kappa shape index (κ1) is 9.24. The quantitative estimate of drug-likeness (QED) is 0.730. The lowest BCUT2D eigenvalue weighted by Gasteiger charge is -2.17. The largest absolute Gasteiger partial charge is 0.493 e. The van der Waals surface area contributed by atoms with E-state index < -0.39 is 6.61 Å². The summed E-state index contributed by atoms with van der Waals surface area (Å²) < 4.78 is 33.4. The molecule has 76 valence electrons. The van der Waals surface area contributed by atoms with Crippen molar-refractivity contribution in [2.45, 2.75) is 19.5 Å². The maximum absolute atomic E-state index is 11.9. The van der Waals surface area contributed by atoms with Crippen LogP contribution in [0.1, 0.15) is 12.0 Å². The normalized spacial score (nSPS) is 14.8. The summed E-state index contributed by atoms with van der Waals surface area (Å²) >= 11 is 0. The monoisotopic (exact) mass is 200 g/mol. The fourth-order valence-corrected chi connectivity index (χ4v) is 1.50. The second kappa shape index (κ2) is 3.82. The summed E-state index contributed by atoms with van der Waals surface area (Å²) in [5.41, 5.74) is 1.05. The highest BCUT2D eigenvalue weighted by molar-refractivity contribution is 5.41. The summed E-state index contributed by atoms with van der Waals surface area (Å²) in [6.45, 7) is -2.14. The number of alkyl halides is 2. The molecule has 1 aromatic carbocycles. The lowest BCUT2D eigenvalue weighted by molar-refractivity contribution is -0.0499. The molecule has 0 aliphatic carbocycles. The van der Waals surface area contributed by atoms with Crippen LogP contribution in [0.4, 0.5) is 8.78 Å². The van der Waals surface area contributed by atoms with Gasteiger partial charge >= 0.3 is 6.61 Å². The number of hydrogen-bond donors (Lipinski definition) is 0. The molecule has 0 bridgehead atoms. The van der Waals surface area contributed by atoms with Crippen LogP contribution in [0.25, 0.3) is 0 Å². The first-order valence-corrected chi connectivity index (χ1v) is 4.46. The van der Waals surface area contributed by atoms with Crippen LogP contribution in [0, 0.1) is 0 Å². The zero-order valence-corrected chi connectivity index (χ0v) is 7.50. The Morgan fingerprint density at radius 2 is 2.21 bits per heavy atom. The number of halogens is 2. The van der Waals surface area contributed by atoms with Crippen LogP contribution in [0.3, 0.4) is 0 Å². The van der Waals surface area contributed by atoms with E-state index in [9.17, 15) is 8.78 Å². The number of ether oxygens (including phenoxy) is 2. The van der Waals surface area contributed by atoms with Gasteiger partial charge in [0.15, 0.2) is 0 Å². The summed E-state index contributed by atoms with van der Waals surface area (Å²) in [5.74, 6) is 0.815. The van der Waals surface area contributed by atoms with Gasteiger partial charge < -0.3 is 9.47 Å². The molecule has 0 saturated heterocycles. The molecule has 0 N–H and O–H groups in total. The van der Waals surface area contributed by atoms with E-state index >= 15 is 0 Å². The molecule has 4 heteroatoms. The van der Waals surface area contributed by atoms with Crippen LogP contribution in [0.5, 0.6) is 11.5 Å². The van der Waals surface area contributed by atoms with E-state index in [-0.39, 0.29) is 5.75 Å². The van der Waals surface area contributed by atoms with E-state index in [2.05, 4.69) is 4.74 Å². The van der Waals surface area contributed by atoms with Crippen molar-refractivity contribution in [2.24, 2.45) is 0 Å². The molecule has 0 amide bonds. The molecule has 2 rings (SSSR count). The third kappa shape index (κ3) is 1.95. The number of fused-ring (bicyclic) bond motifs is 1. The second-order valence-electron chi connectivity index (χ2n) is 3.10. The summed E-state index contributed by atoms with van der Waals surface area (Å²) in [6.07, 6.45) is 1.91. The van der Waals surface area contributed by atoms with Crippen molar-refractivity contribution in [3.63, 3.8) is 0 Å². The van der Waals surface area contributed by atoms with Crippen LogP contribution in [0.15, 0.2) is 18.2 Å². The van der Waals surface area contributed by atoms with Gasteiger partial charge in [0, 0.05) is 6.07 Å². The van der Waals surface area contributed by atoms with E-state index in [0.717, 1.165) is 18.4 Å². The molecule has 2 nitrogen and oxygen atoms in total. The first-order chi connectivity index (χ1) is 6.75. The molecule has 0 unspecified atom stereocenters. The van der Waals surface area contributed by atoms with Gasteiger partial charge in [-0.25, -0.2) is 0 Å². The molecule has 0 atom stereocenters. The van der Waals surface area contributed by atoms with Crippen LogP contribution in [0.2, 0.25) is 0 Å². The van der Waals surface area contributed by atoms with Crippen molar-refractivity contribution in [2.75, 3.05) is 6.61 Å². The van der Waals surface area contributed by atoms with E-state index in [1.807, 2.05) is 0 Å². The summed E-state index contributed by atoms with van der Waals surface area (Å²) in [5, 5.41) is 0. The third-order valence-electron chi connectivity index (χ3n) is 2.11. The Labute approximate surface area is 80.4 Å². The van der Waals surface area contributed by atoms with Crippen molar-refractivity contribution in [3.8, 4) is 11.5 Å². The maximum atomic E-state index is 11.9. The average Bonchev–Trinajstić information content (AvgIpc) is 2.17. The van der Waals surface area contributed by atoms with Crippen LogP contribution < -0.4 is 9.47 Å².